The summed E-state index contributed by atoms with van der Waals surface area (Å²) in [5.74, 6) is 1.59. The first-order valence-corrected chi connectivity index (χ1v) is 6.85. The van der Waals surface area contributed by atoms with Gasteiger partial charge in [0.1, 0.15) is 11.4 Å². The van der Waals surface area contributed by atoms with E-state index in [1.54, 1.807) is 0 Å². The zero-order chi connectivity index (χ0) is 13.8. The molecule has 1 aliphatic heterocycles. The molecular formula is C15H26O3. The van der Waals surface area contributed by atoms with E-state index < -0.39 is 5.60 Å². The number of allylic oxidation sites excluding steroid dienone is 1. The topological polar surface area (TPSA) is 35.5 Å². The molecule has 1 saturated heterocycles. The predicted molar refractivity (Wildman–Crippen MR) is 72.1 cm³/mol. The van der Waals surface area contributed by atoms with E-state index >= 15 is 0 Å². The minimum atomic E-state index is -0.444. The van der Waals surface area contributed by atoms with E-state index in [2.05, 4.69) is 13.8 Å². The monoisotopic (exact) mass is 254 g/mol. The largest absolute Gasteiger partial charge is 0.497 e. The van der Waals surface area contributed by atoms with Gasteiger partial charge in [-0.2, -0.15) is 0 Å². The lowest BCUT2D eigenvalue weighted by molar-refractivity contribution is -0.148. The van der Waals surface area contributed by atoms with Crippen molar-refractivity contribution in [3.8, 4) is 0 Å². The first-order valence-electron chi connectivity index (χ1n) is 6.85. The van der Waals surface area contributed by atoms with Crippen LogP contribution in [0.25, 0.3) is 0 Å². The van der Waals surface area contributed by atoms with Crippen molar-refractivity contribution in [2.24, 2.45) is 11.8 Å². The number of rotatable bonds is 4. The van der Waals surface area contributed by atoms with Gasteiger partial charge in [0.15, 0.2) is 0 Å². The molecule has 0 spiro atoms. The van der Waals surface area contributed by atoms with Crippen LogP contribution in [0.5, 0.6) is 0 Å². The van der Waals surface area contributed by atoms with Crippen LogP contribution in [0.4, 0.5) is 0 Å². The van der Waals surface area contributed by atoms with Crippen molar-refractivity contribution in [1.82, 2.24) is 0 Å². The molecule has 0 bridgehead atoms. The fraction of sp³-hybridized carbons (Fsp3) is 0.800. The SMILES string of the molecule is CC(C)CCC1CCOC1=CC(=O)OC(C)(C)C. The third-order valence-electron chi connectivity index (χ3n) is 2.90. The number of ether oxygens (including phenoxy) is 2. The fourth-order valence-electron chi connectivity index (χ4n) is 2.01. The average Bonchev–Trinajstić information content (AvgIpc) is 2.59. The van der Waals surface area contributed by atoms with Gasteiger partial charge < -0.3 is 9.47 Å². The summed E-state index contributed by atoms with van der Waals surface area (Å²) >= 11 is 0. The highest BCUT2D eigenvalue weighted by atomic mass is 16.6. The van der Waals surface area contributed by atoms with Gasteiger partial charge >= 0.3 is 5.97 Å². The smallest absolute Gasteiger partial charge is 0.334 e. The van der Waals surface area contributed by atoms with Crippen LogP contribution in [0.2, 0.25) is 0 Å². The summed E-state index contributed by atoms with van der Waals surface area (Å²) in [7, 11) is 0. The van der Waals surface area contributed by atoms with E-state index in [-0.39, 0.29) is 5.97 Å². The van der Waals surface area contributed by atoms with Crippen LogP contribution < -0.4 is 0 Å². The summed E-state index contributed by atoms with van der Waals surface area (Å²) < 4.78 is 10.8. The Bertz CT molecular complexity index is 310. The number of hydrogen-bond donors (Lipinski definition) is 0. The lowest BCUT2D eigenvalue weighted by Crippen LogP contribution is -2.23. The van der Waals surface area contributed by atoms with Gasteiger partial charge in [-0.1, -0.05) is 20.3 Å². The fourth-order valence-corrected chi connectivity index (χ4v) is 2.01. The maximum absolute atomic E-state index is 11.7. The number of esters is 1. The van der Waals surface area contributed by atoms with E-state index in [1.807, 2.05) is 20.8 Å². The molecule has 0 radical (unpaired) electrons. The van der Waals surface area contributed by atoms with Crippen LogP contribution in [0.3, 0.4) is 0 Å². The van der Waals surface area contributed by atoms with Crippen LogP contribution in [0.1, 0.15) is 53.9 Å². The van der Waals surface area contributed by atoms with Crippen molar-refractivity contribution in [3.63, 3.8) is 0 Å². The van der Waals surface area contributed by atoms with Gasteiger partial charge in [-0.25, -0.2) is 4.79 Å². The molecule has 0 aliphatic carbocycles. The van der Waals surface area contributed by atoms with Gasteiger partial charge in [0.2, 0.25) is 0 Å². The molecule has 3 heteroatoms. The Labute approximate surface area is 111 Å². The average molecular weight is 254 g/mol. The standard InChI is InChI=1S/C15H26O3/c1-11(2)6-7-12-8-9-17-13(12)10-14(16)18-15(3,4)5/h10-12H,6-9H2,1-5H3. The Morgan fingerprint density at radius 2 is 2.17 bits per heavy atom. The van der Waals surface area contributed by atoms with Crippen LogP contribution >= 0.6 is 0 Å². The molecule has 0 N–H and O–H groups in total. The molecule has 0 aromatic rings. The number of carbonyl (C=O) groups is 1. The summed E-state index contributed by atoms with van der Waals surface area (Å²) in [6.45, 7) is 10.8. The second kappa shape index (κ2) is 6.26. The van der Waals surface area contributed by atoms with E-state index in [0.29, 0.717) is 11.8 Å². The summed E-state index contributed by atoms with van der Waals surface area (Å²) in [4.78, 5) is 11.7. The van der Waals surface area contributed by atoms with Crippen LogP contribution in [0.15, 0.2) is 11.8 Å². The van der Waals surface area contributed by atoms with Crippen molar-refractivity contribution in [2.45, 2.75) is 59.5 Å². The molecule has 0 aromatic carbocycles. The minimum Gasteiger partial charge on any atom is -0.497 e. The summed E-state index contributed by atoms with van der Waals surface area (Å²) in [5, 5.41) is 0. The van der Waals surface area contributed by atoms with E-state index in [0.717, 1.165) is 25.2 Å². The second-order valence-corrected chi connectivity index (χ2v) is 6.39. The Kier molecular flexibility index (Phi) is 5.24. The number of carbonyl (C=O) groups excluding carboxylic acids is 1. The van der Waals surface area contributed by atoms with Crippen molar-refractivity contribution < 1.29 is 14.3 Å². The molecule has 1 rings (SSSR count). The lowest BCUT2D eigenvalue weighted by Gasteiger charge is -2.18. The van der Waals surface area contributed by atoms with Crippen molar-refractivity contribution >= 4 is 5.97 Å². The van der Waals surface area contributed by atoms with Crippen molar-refractivity contribution in [2.75, 3.05) is 6.61 Å². The van der Waals surface area contributed by atoms with Crippen molar-refractivity contribution in [3.05, 3.63) is 11.8 Å². The molecule has 1 heterocycles. The molecule has 104 valence electrons. The van der Waals surface area contributed by atoms with E-state index in [4.69, 9.17) is 9.47 Å². The predicted octanol–water partition coefficient (Wildman–Crippen LogP) is 3.68. The third-order valence-corrected chi connectivity index (χ3v) is 2.90. The Hall–Kier alpha value is -0.990. The zero-order valence-electron chi connectivity index (χ0n) is 12.3. The number of hydrogen-bond acceptors (Lipinski definition) is 3. The zero-order valence-corrected chi connectivity index (χ0v) is 12.3. The highest BCUT2D eigenvalue weighted by Gasteiger charge is 2.25. The Balaban J connectivity index is 2.55. The van der Waals surface area contributed by atoms with E-state index in [1.165, 1.54) is 12.5 Å². The molecule has 3 nitrogen and oxygen atoms in total. The first-order chi connectivity index (χ1) is 8.28. The van der Waals surface area contributed by atoms with Crippen LogP contribution in [-0.2, 0) is 14.3 Å². The summed E-state index contributed by atoms with van der Waals surface area (Å²) in [6, 6.07) is 0. The lowest BCUT2D eigenvalue weighted by atomic mass is 9.95. The second-order valence-electron chi connectivity index (χ2n) is 6.39. The molecule has 1 aliphatic rings. The minimum absolute atomic E-state index is 0.297. The molecule has 1 unspecified atom stereocenters. The summed E-state index contributed by atoms with van der Waals surface area (Å²) in [6.07, 6.45) is 4.80. The quantitative estimate of drug-likeness (QED) is 0.567. The molecule has 0 aromatic heterocycles. The van der Waals surface area contributed by atoms with Gasteiger partial charge in [-0.05, 0) is 39.5 Å². The van der Waals surface area contributed by atoms with Gasteiger partial charge in [0.25, 0.3) is 0 Å². The molecule has 1 fully saturated rings. The van der Waals surface area contributed by atoms with Gasteiger partial charge in [0.05, 0.1) is 12.7 Å². The molecular weight excluding hydrogens is 228 g/mol. The van der Waals surface area contributed by atoms with Gasteiger partial charge in [0, 0.05) is 5.92 Å². The normalized spacial score (nSPS) is 22.3. The first kappa shape index (κ1) is 15.1. The van der Waals surface area contributed by atoms with Crippen molar-refractivity contribution in [1.29, 1.82) is 0 Å². The maximum atomic E-state index is 11.7. The van der Waals surface area contributed by atoms with E-state index in [9.17, 15) is 4.79 Å². The summed E-state index contributed by atoms with van der Waals surface area (Å²) in [5.41, 5.74) is -0.444. The highest BCUT2D eigenvalue weighted by molar-refractivity contribution is 5.82. The van der Waals surface area contributed by atoms with Crippen LogP contribution in [-0.4, -0.2) is 18.2 Å². The highest BCUT2D eigenvalue weighted by Crippen LogP contribution is 2.30. The molecule has 1 atom stereocenters. The van der Waals surface area contributed by atoms with Crippen LogP contribution in [0, 0.1) is 11.8 Å². The third kappa shape index (κ3) is 5.56. The molecule has 0 amide bonds. The molecule has 0 saturated carbocycles. The van der Waals surface area contributed by atoms with Gasteiger partial charge in [-0.15, -0.1) is 0 Å². The van der Waals surface area contributed by atoms with Gasteiger partial charge in [-0.3, -0.25) is 0 Å². The Morgan fingerprint density at radius 1 is 1.50 bits per heavy atom. The molecule has 18 heavy (non-hydrogen) atoms. The maximum Gasteiger partial charge on any atom is 0.334 e. The Morgan fingerprint density at radius 3 is 2.72 bits per heavy atom.